The minimum Gasteiger partial charge on any atom is -0.475 e. The molecule has 0 aliphatic carbocycles. The van der Waals surface area contributed by atoms with E-state index in [1.165, 1.54) is 12.8 Å². The summed E-state index contributed by atoms with van der Waals surface area (Å²) in [4.78, 5) is 25.8. The zero-order chi connectivity index (χ0) is 22.4. The van der Waals surface area contributed by atoms with E-state index in [0.29, 0.717) is 12.5 Å². The Balaban J connectivity index is 0.000000396. The van der Waals surface area contributed by atoms with Crippen molar-refractivity contribution in [3.63, 3.8) is 0 Å². The number of carbonyl (C=O) groups is 2. The summed E-state index contributed by atoms with van der Waals surface area (Å²) in [6.07, 6.45) is 1.48. The minimum absolute atomic E-state index is 0.182. The third kappa shape index (κ3) is 6.21. The fourth-order valence-electron chi connectivity index (χ4n) is 4.09. The largest absolute Gasteiger partial charge is 0.490 e. The lowest BCUT2D eigenvalue weighted by Gasteiger charge is -2.45. The molecule has 3 rings (SSSR count). The molecule has 0 aromatic carbocycles. The van der Waals surface area contributed by atoms with Gasteiger partial charge in [-0.3, -0.25) is 9.69 Å². The average Bonchev–Trinajstić information content (AvgIpc) is 3.30. The highest BCUT2D eigenvalue weighted by molar-refractivity contribution is 5.78. The van der Waals surface area contributed by atoms with Crippen LogP contribution in [-0.2, 0) is 20.7 Å². The van der Waals surface area contributed by atoms with Gasteiger partial charge in [-0.1, -0.05) is 0 Å². The molecule has 2 aliphatic heterocycles. The molecule has 30 heavy (non-hydrogen) atoms. The molecule has 7 nitrogen and oxygen atoms in total. The van der Waals surface area contributed by atoms with Crippen molar-refractivity contribution >= 4 is 11.9 Å². The van der Waals surface area contributed by atoms with E-state index in [4.69, 9.17) is 19.1 Å². The van der Waals surface area contributed by atoms with Crippen LogP contribution in [0.4, 0.5) is 13.2 Å². The van der Waals surface area contributed by atoms with Crippen LogP contribution in [-0.4, -0.2) is 77.9 Å². The molecule has 1 unspecified atom stereocenters. The number of halogens is 3. The summed E-state index contributed by atoms with van der Waals surface area (Å²) in [5.74, 6) is -1.82. The second-order valence-electron chi connectivity index (χ2n) is 7.63. The number of likely N-dealkylation sites (N-methyl/N-ethyl adjacent to an activating group) is 1. The van der Waals surface area contributed by atoms with Gasteiger partial charge in [0, 0.05) is 31.3 Å². The fraction of sp³-hybridized carbons (Fsp3) is 0.700. The molecular weight excluding hydrogens is 405 g/mol. The Bertz CT molecular complexity index is 685. The van der Waals surface area contributed by atoms with Crippen molar-refractivity contribution in [3.8, 4) is 0 Å². The first-order valence-corrected chi connectivity index (χ1v) is 10.00. The first-order valence-electron chi connectivity index (χ1n) is 10.00. The van der Waals surface area contributed by atoms with Gasteiger partial charge in [0.1, 0.15) is 5.76 Å². The van der Waals surface area contributed by atoms with Crippen LogP contribution in [0.5, 0.6) is 0 Å². The lowest BCUT2D eigenvalue weighted by Crippen LogP contribution is -2.54. The van der Waals surface area contributed by atoms with Crippen LogP contribution in [0.25, 0.3) is 0 Å². The van der Waals surface area contributed by atoms with E-state index >= 15 is 0 Å². The van der Waals surface area contributed by atoms with Gasteiger partial charge in [-0.05, 0) is 51.8 Å². The molecule has 0 radical (unpaired) electrons. The number of hydrogen-bond donors (Lipinski definition) is 1. The van der Waals surface area contributed by atoms with Gasteiger partial charge in [0.15, 0.2) is 0 Å². The summed E-state index contributed by atoms with van der Waals surface area (Å²) in [7, 11) is 2.23. The smallest absolute Gasteiger partial charge is 0.475 e. The molecule has 2 saturated heterocycles. The van der Waals surface area contributed by atoms with Crippen LogP contribution < -0.4 is 0 Å². The summed E-state index contributed by atoms with van der Waals surface area (Å²) in [6, 6.07) is 4.23. The number of alkyl halides is 3. The Morgan fingerprint density at radius 1 is 1.30 bits per heavy atom. The number of ether oxygens (including phenoxy) is 1. The number of hydrogen-bond acceptors (Lipinski definition) is 5. The van der Waals surface area contributed by atoms with Crippen molar-refractivity contribution in [1.82, 2.24) is 9.80 Å². The molecule has 10 heteroatoms. The third-order valence-corrected chi connectivity index (χ3v) is 5.95. The molecule has 170 valence electrons. The zero-order valence-corrected chi connectivity index (χ0v) is 17.3. The molecular formula is C20H29F3N2O5. The molecule has 1 aromatic heterocycles. The molecule has 3 heterocycles. The number of furan rings is 1. The Kier molecular flexibility index (Phi) is 8.31. The van der Waals surface area contributed by atoms with Crippen LogP contribution in [0.2, 0.25) is 0 Å². The van der Waals surface area contributed by atoms with E-state index in [1.54, 1.807) is 6.26 Å². The number of piperidine rings is 1. The number of carboxylic acids is 1. The maximum absolute atomic E-state index is 12.4. The normalized spacial score (nSPS) is 21.4. The molecule has 1 aromatic rings. The first kappa shape index (κ1) is 24.2. The number of likely N-dealkylation sites (tertiary alicyclic amines) is 2. The Morgan fingerprint density at radius 2 is 1.93 bits per heavy atom. The summed E-state index contributed by atoms with van der Waals surface area (Å²) in [5.41, 5.74) is 0.267. The van der Waals surface area contributed by atoms with E-state index in [9.17, 15) is 18.0 Å². The van der Waals surface area contributed by atoms with Gasteiger partial charge < -0.3 is 19.2 Å². The number of rotatable bonds is 5. The maximum Gasteiger partial charge on any atom is 0.490 e. The highest BCUT2D eigenvalue weighted by Crippen LogP contribution is 2.40. The average molecular weight is 434 g/mol. The van der Waals surface area contributed by atoms with E-state index < -0.39 is 12.1 Å². The lowest BCUT2D eigenvalue weighted by atomic mass is 9.85. The third-order valence-electron chi connectivity index (χ3n) is 5.95. The Labute approximate surface area is 173 Å². The molecule has 2 fully saturated rings. The van der Waals surface area contributed by atoms with Crippen LogP contribution in [0.15, 0.2) is 22.8 Å². The number of aliphatic carboxylic acids is 1. The first-order chi connectivity index (χ1) is 14.1. The quantitative estimate of drug-likeness (QED) is 0.767. The van der Waals surface area contributed by atoms with Crippen molar-refractivity contribution in [2.45, 2.75) is 56.8 Å². The molecule has 1 N–H and O–H groups in total. The second kappa shape index (κ2) is 10.3. The van der Waals surface area contributed by atoms with Gasteiger partial charge in [0.05, 0.1) is 19.3 Å². The molecule has 0 bridgehead atoms. The van der Waals surface area contributed by atoms with Gasteiger partial charge in [-0.15, -0.1) is 0 Å². The van der Waals surface area contributed by atoms with Gasteiger partial charge in [-0.2, -0.15) is 13.2 Å². The predicted molar refractivity (Wildman–Crippen MR) is 102 cm³/mol. The van der Waals surface area contributed by atoms with Gasteiger partial charge in [0.25, 0.3) is 0 Å². The predicted octanol–water partition coefficient (Wildman–Crippen LogP) is 2.95. The number of carboxylic acid groups (broad SMARTS) is 1. The molecule has 2 aliphatic rings. The number of carbonyl (C=O) groups excluding carboxylic acids is 1. The van der Waals surface area contributed by atoms with Crippen molar-refractivity contribution in [2.75, 3.05) is 33.4 Å². The minimum atomic E-state index is -5.08. The van der Waals surface area contributed by atoms with Crippen molar-refractivity contribution in [3.05, 3.63) is 24.2 Å². The maximum atomic E-state index is 12.4. The monoisotopic (exact) mass is 434 g/mol. The van der Waals surface area contributed by atoms with E-state index in [2.05, 4.69) is 11.9 Å². The molecule has 0 saturated carbocycles. The Hall–Kier alpha value is -2.07. The van der Waals surface area contributed by atoms with Crippen LogP contribution in [0.3, 0.4) is 0 Å². The summed E-state index contributed by atoms with van der Waals surface area (Å²) in [5, 5.41) is 7.12. The Morgan fingerprint density at radius 3 is 2.43 bits per heavy atom. The van der Waals surface area contributed by atoms with E-state index in [-0.39, 0.29) is 11.4 Å². The number of amides is 1. The summed E-state index contributed by atoms with van der Waals surface area (Å²) in [6.45, 7) is 5.37. The molecule has 1 spiro atoms. The summed E-state index contributed by atoms with van der Waals surface area (Å²) < 4.78 is 42.6. The highest BCUT2D eigenvalue weighted by atomic mass is 19.4. The zero-order valence-electron chi connectivity index (χ0n) is 17.3. The highest BCUT2D eigenvalue weighted by Gasteiger charge is 2.46. The van der Waals surface area contributed by atoms with Crippen LogP contribution >= 0.6 is 0 Å². The van der Waals surface area contributed by atoms with Crippen LogP contribution in [0, 0.1) is 0 Å². The standard InChI is InChI=1S/C18H28N2O3.C2HF3O2/c1-3-22-14-15-6-7-18(19(15)2)8-10-20(11-9-18)17(21)13-16-5-4-12-23-16;3-2(4,5)1(6)7/h4-5,12,15H,3,6-11,13-14H2,1-2H3;(H,6,7). The topological polar surface area (TPSA) is 83.2 Å². The lowest BCUT2D eigenvalue weighted by molar-refractivity contribution is -0.192. The number of nitrogens with zero attached hydrogens (tertiary/aromatic N) is 2. The second-order valence-corrected chi connectivity index (χ2v) is 7.63. The van der Waals surface area contributed by atoms with Crippen molar-refractivity contribution < 1.29 is 37.0 Å². The van der Waals surface area contributed by atoms with Crippen molar-refractivity contribution in [1.29, 1.82) is 0 Å². The van der Waals surface area contributed by atoms with Crippen LogP contribution in [0.1, 0.15) is 38.4 Å². The molecule has 1 atom stereocenters. The van der Waals surface area contributed by atoms with E-state index in [1.807, 2.05) is 24.0 Å². The van der Waals surface area contributed by atoms with Gasteiger partial charge in [0.2, 0.25) is 5.91 Å². The molecule has 1 amide bonds. The van der Waals surface area contributed by atoms with Crippen molar-refractivity contribution in [2.24, 2.45) is 0 Å². The van der Waals surface area contributed by atoms with E-state index in [0.717, 1.165) is 44.9 Å². The SMILES string of the molecule is CCOCC1CCC2(CCN(C(=O)Cc3ccco3)CC2)N1C.O=C(O)C(F)(F)F. The fourth-order valence-corrected chi connectivity index (χ4v) is 4.09. The van der Waals surface area contributed by atoms with Gasteiger partial charge in [-0.25, -0.2) is 4.79 Å². The van der Waals surface area contributed by atoms with Gasteiger partial charge >= 0.3 is 12.1 Å². The summed E-state index contributed by atoms with van der Waals surface area (Å²) >= 11 is 0.